The van der Waals surface area contributed by atoms with E-state index in [0.29, 0.717) is 6.54 Å². The van der Waals surface area contributed by atoms with Crippen molar-refractivity contribution in [1.82, 2.24) is 0 Å². The van der Waals surface area contributed by atoms with Crippen molar-refractivity contribution in [2.75, 3.05) is 18.1 Å². The molecule has 0 aromatic heterocycles. The Bertz CT molecular complexity index is 756. The summed E-state index contributed by atoms with van der Waals surface area (Å²) in [7, 11) is 0. The molecular formula is C17H13F2NO3. The SMILES string of the molecule is O=C(OCC(=O)N1CCc2ccccc21)c1c(F)cccc1F. The van der Waals surface area contributed by atoms with Crippen LogP contribution in [0.4, 0.5) is 14.5 Å². The largest absolute Gasteiger partial charge is 0.452 e. The molecule has 118 valence electrons. The van der Waals surface area contributed by atoms with E-state index in [4.69, 9.17) is 4.74 Å². The van der Waals surface area contributed by atoms with Gasteiger partial charge in [-0.25, -0.2) is 13.6 Å². The van der Waals surface area contributed by atoms with Gasteiger partial charge in [-0.1, -0.05) is 24.3 Å². The highest BCUT2D eigenvalue weighted by Crippen LogP contribution is 2.27. The van der Waals surface area contributed by atoms with Crippen molar-refractivity contribution >= 4 is 17.6 Å². The second-order valence-corrected chi connectivity index (χ2v) is 5.10. The third-order valence-corrected chi connectivity index (χ3v) is 3.68. The van der Waals surface area contributed by atoms with Crippen LogP contribution < -0.4 is 4.90 Å². The lowest BCUT2D eigenvalue weighted by atomic mass is 10.2. The zero-order valence-electron chi connectivity index (χ0n) is 12.1. The quantitative estimate of drug-likeness (QED) is 0.818. The van der Waals surface area contributed by atoms with Crippen molar-refractivity contribution < 1.29 is 23.1 Å². The van der Waals surface area contributed by atoms with Gasteiger partial charge in [-0.05, 0) is 30.2 Å². The first-order valence-corrected chi connectivity index (χ1v) is 7.07. The summed E-state index contributed by atoms with van der Waals surface area (Å²) in [6.45, 7) is -0.0786. The zero-order chi connectivity index (χ0) is 16.4. The number of esters is 1. The van der Waals surface area contributed by atoms with E-state index in [1.54, 1.807) is 6.07 Å². The number of anilines is 1. The van der Waals surface area contributed by atoms with Gasteiger partial charge in [0.15, 0.2) is 6.61 Å². The molecule has 0 atom stereocenters. The highest BCUT2D eigenvalue weighted by Gasteiger charge is 2.26. The van der Waals surface area contributed by atoms with Crippen LogP contribution in [0, 0.1) is 11.6 Å². The van der Waals surface area contributed by atoms with Gasteiger partial charge in [0.1, 0.15) is 17.2 Å². The molecule has 2 aromatic rings. The first kappa shape index (κ1) is 15.1. The minimum absolute atomic E-state index is 0.431. The van der Waals surface area contributed by atoms with Crippen LogP contribution in [0.15, 0.2) is 42.5 Å². The molecule has 1 aliphatic heterocycles. The number of fused-ring (bicyclic) bond motifs is 1. The number of hydrogen-bond acceptors (Lipinski definition) is 3. The van der Waals surface area contributed by atoms with Crippen molar-refractivity contribution in [2.45, 2.75) is 6.42 Å². The van der Waals surface area contributed by atoms with Crippen LogP contribution in [0.1, 0.15) is 15.9 Å². The van der Waals surface area contributed by atoms with Crippen molar-refractivity contribution in [1.29, 1.82) is 0 Å². The number of halogens is 2. The lowest BCUT2D eigenvalue weighted by molar-refractivity contribution is -0.121. The van der Waals surface area contributed by atoms with Crippen LogP contribution in [0.5, 0.6) is 0 Å². The van der Waals surface area contributed by atoms with Gasteiger partial charge in [0, 0.05) is 12.2 Å². The van der Waals surface area contributed by atoms with E-state index in [1.807, 2.05) is 18.2 Å². The lowest BCUT2D eigenvalue weighted by Gasteiger charge is -2.17. The Morgan fingerprint density at radius 3 is 2.48 bits per heavy atom. The van der Waals surface area contributed by atoms with Gasteiger partial charge in [0.05, 0.1) is 0 Å². The van der Waals surface area contributed by atoms with Crippen LogP contribution in [-0.4, -0.2) is 25.0 Å². The molecule has 0 saturated heterocycles. The number of carbonyl (C=O) groups is 2. The van der Waals surface area contributed by atoms with Crippen LogP contribution in [0.25, 0.3) is 0 Å². The van der Waals surface area contributed by atoms with Gasteiger partial charge >= 0.3 is 5.97 Å². The fraction of sp³-hybridized carbons (Fsp3) is 0.176. The minimum atomic E-state index is -1.19. The smallest absolute Gasteiger partial charge is 0.344 e. The number of ether oxygens (including phenoxy) is 1. The first-order valence-electron chi connectivity index (χ1n) is 7.07. The van der Waals surface area contributed by atoms with E-state index in [0.717, 1.165) is 35.9 Å². The number of benzene rings is 2. The van der Waals surface area contributed by atoms with Crippen LogP contribution in [0.2, 0.25) is 0 Å². The average Bonchev–Trinajstić information content (AvgIpc) is 2.96. The molecule has 0 radical (unpaired) electrons. The summed E-state index contributed by atoms with van der Waals surface area (Å²) in [6, 6.07) is 10.5. The Morgan fingerprint density at radius 2 is 1.74 bits per heavy atom. The predicted octanol–water partition coefficient (Wildman–Crippen LogP) is 2.71. The highest BCUT2D eigenvalue weighted by atomic mass is 19.1. The normalized spacial score (nSPS) is 12.9. The molecule has 0 fully saturated rings. The molecule has 0 unspecified atom stereocenters. The standard InChI is InChI=1S/C17H13F2NO3/c18-12-5-3-6-13(19)16(12)17(22)23-10-15(21)20-9-8-11-4-1-2-7-14(11)20/h1-7H,8-10H2. The van der Waals surface area contributed by atoms with Crippen LogP contribution in [-0.2, 0) is 16.0 Å². The zero-order valence-corrected chi connectivity index (χ0v) is 12.1. The number of para-hydroxylation sites is 1. The van der Waals surface area contributed by atoms with E-state index in [1.165, 1.54) is 4.90 Å². The van der Waals surface area contributed by atoms with Crippen molar-refractivity contribution in [3.8, 4) is 0 Å². The maximum atomic E-state index is 13.5. The van der Waals surface area contributed by atoms with E-state index in [2.05, 4.69) is 0 Å². The fourth-order valence-electron chi connectivity index (χ4n) is 2.57. The van der Waals surface area contributed by atoms with Gasteiger partial charge in [-0.2, -0.15) is 0 Å². The average molecular weight is 317 g/mol. The summed E-state index contributed by atoms with van der Waals surface area (Å²) in [5, 5.41) is 0. The Hall–Kier alpha value is -2.76. The molecule has 4 nitrogen and oxygen atoms in total. The van der Waals surface area contributed by atoms with Crippen LogP contribution >= 0.6 is 0 Å². The minimum Gasteiger partial charge on any atom is -0.452 e. The molecule has 1 aliphatic rings. The van der Waals surface area contributed by atoms with Crippen LogP contribution in [0.3, 0.4) is 0 Å². The fourth-order valence-corrected chi connectivity index (χ4v) is 2.57. The summed E-state index contributed by atoms with van der Waals surface area (Å²) < 4.78 is 31.7. The summed E-state index contributed by atoms with van der Waals surface area (Å²) in [6.07, 6.45) is 0.720. The van der Waals surface area contributed by atoms with E-state index in [9.17, 15) is 18.4 Å². The van der Waals surface area contributed by atoms with Crippen molar-refractivity contribution in [3.63, 3.8) is 0 Å². The third kappa shape index (κ3) is 2.92. The van der Waals surface area contributed by atoms with E-state index in [-0.39, 0.29) is 0 Å². The molecule has 0 N–H and O–H groups in total. The second-order valence-electron chi connectivity index (χ2n) is 5.10. The summed E-state index contributed by atoms with van der Waals surface area (Å²) in [5.74, 6) is -3.66. The highest BCUT2D eigenvalue weighted by molar-refractivity contribution is 5.98. The molecule has 0 aliphatic carbocycles. The van der Waals surface area contributed by atoms with Gasteiger partial charge < -0.3 is 9.64 Å². The molecule has 3 rings (SSSR count). The summed E-state index contributed by atoms with van der Waals surface area (Å²) in [4.78, 5) is 25.5. The molecule has 0 spiro atoms. The topological polar surface area (TPSA) is 46.6 Å². The Balaban J connectivity index is 1.67. The van der Waals surface area contributed by atoms with Gasteiger partial charge in [-0.15, -0.1) is 0 Å². The lowest BCUT2D eigenvalue weighted by Crippen LogP contribution is -2.33. The van der Waals surface area contributed by atoms with Gasteiger partial charge in [0.2, 0.25) is 0 Å². The Labute approximate surface area is 131 Å². The number of nitrogens with zero attached hydrogens (tertiary/aromatic N) is 1. The van der Waals surface area contributed by atoms with Crippen molar-refractivity contribution in [3.05, 3.63) is 65.2 Å². The maximum Gasteiger partial charge on any atom is 0.344 e. The Morgan fingerprint density at radius 1 is 1.04 bits per heavy atom. The van der Waals surface area contributed by atoms with Crippen molar-refractivity contribution in [2.24, 2.45) is 0 Å². The number of rotatable bonds is 3. The molecule has 0 bridgehead atoms. The molecule has 1 heterocycles. The number of hydrogen-bond donors (Lipinski definition) is 0. The number of carbonyl (C=O) groups excluding carboxylic acids is 2. The predicted molar refractivity (Wildman–Crippen MR) is 79.1 cm³/mol. The van der Waals surface area contributed by atoms with Gasteiger partial charge in [-0.3, -0.25) is 4.79 Å². The second kappa shape index (κ2) is 6.16. The van der Waals surface area contributed by atoms with E-state index >= 15 is 0 Å². The van der Waals surface area contributed by atoms with Gasteiger partial charge in [0.25, 0.3) is 5.91 Å². The molecule has 2 aromatic carbocycles. The summed E-state index contributed by atoms with van der Waals surface area (Å²) in [5.41, 5.74) is 1.01. The maximum absolute atomic E-state index is 13.5. The molecular weight excluding hydrogens is 304 g/mol. The molecule has 23 heavy (non-hydrogen) atoms. The third-order valence-electron chi connectivity index (χ3n) is 3.68. The molecule has 0 saturated carbocycles. The molecule has 1 amide bonds. The molecule has 6 heteroatoms. The monoisotopic (exact) mass is 317 g/mol. The van der Waals surface area contributed by atoms with E-state index < -0.39 is 35.7 Å². The number of amides is 1. The summed E-state index contributed by atoms with van der Waals surface area (Å²) >= 11 is 0. The Kier molecular flexibility index (Phi) is 4.06. The first-order chi connectivity index (χ1) is 11.1.